The van der Waals surface area contributed by atoms with E-state index in [0.29, 0.717) is 12.1 Å². The van der Waals surface area contributed by atoms with Crippen LogP contribution in [0.25, 0.3) is 0 Å². The van der Waals surface area contributed by atoms with Crippen molar-refractivity contribution >= 4 is 33.3 Å². The second kappa shape index (κ2) is 4.63. The highest BCUT2D eigenvalue weighted by atomic mass is 79.9. The molecule has 16 heavy (non-hydrogen) atoms. The Balaban J connectivity index is 3.39. The number of ketones is 1. The van der Waals surface area contributed by atoms with E-state index >= 15 is 0 Å². The molecule has 0 unspecified atom stereocenters. The Labute approximate surface area is 102 Å². The average Bonchev–Trinajstić information content (AvgIpc) is 2.14. The zero-order chi connectivity index (χ0) is 12.5. The summed E-state index contributed by atoms with van der Waals surface area (Å²) in [6.45, 7) is 0. The van der Waals surface area contributed by atoms with E-state index in [1.165, 1.54) is 0 Å². The molecule has 0 aromatic heterocycles. The van der Waals surface area contributed by atoms with Gasteiger partial charge in [-0.05, 0) is 12.1 Å². The number of aromatic hydroxyl groups is 1. The average molecular weight is 317 g/mol. The van der Waals surface area contributed by atoms with E-state index in [2.05, 4.69) is 15.9 Å². The summed E-state index contributed by atoms with van der Waals surface area (Å²) < 4.78 is 37.2. The number of halogens is 5. The molecule has 1 aromatic carbocycles. The number of hydrogen-bond donors (Lipinski definition) is 1. The molecule has 1 N–H and O–H groups in total. The first-order chi connectivity index (χ1) is 7.27. The Bertz CT molecular complexity index is 431. The van der Waals surface area contributed by atoms with Crippen LogP contribution in [0.2, 0.25) is 5.02 Å². The van der Waals surface area contributed by atoms with Gasteiger partial charge in [-0.15, -0.1) is 0 Å². The molecule has 7 heteroatoms. The Hall–Kier alpha value is -0.750. The van der Waals surface area contributed by atoms with Gasteiger partial charge in [0.1, 0.15) is 5.75 Å². The maximum absolute atomic E-state index is 12.4. The predicted molar refractivity (Wildman–Crippen MR) is 56.2 cm³/mol. The summed E-state index contributed by atoms with van der Waals surface area (Å²) in [5, 5.41) is 8.72. The van der Waals surface area contributed by atoms with Crippen LogP contribution >= 0.6 is 27.5 Å². The van der Waals surface area contributed by atoms with Gasteiger partial charge in [0.05, 0.1) is 15.9 Å². The van der Waals surface area contributed by atoms with Gasteiger partial charge in [-0.3, -0.25) is 4.79 Å². The standard InChI is InChI=1S/C9H5BrClF3O2/c10-3-8(16)4-1-5(9(12,13)14)7(15)2-6(4)11/h1-2,15H,3H2. The van der Waals surface area contributed by atoms with Crippen LogP contribution in [-0.4, -0.2) is 16.2 Å². The lowest BCUT2D eigenvalue weighted by Gasteiger charge is -2.11. The summed E-state index contributed by atoms with van der Waals surface area (Å²) in [7, 11) is 0. The van der Waals surface area contributed by atoms with Gasteiger partial charge < -0.3 is 5.11 Å². The third-order valence-corrected chi connectivity index (χ3v) is 2.63. The van der Waals surface area contributed by atoms with Crippen LogP contribution in [0, 0.1) is 0 Å². The summed E-state index contributed by atoms with van der Waals surface area (Å²) in [4.78, 5) is 11.2. The lowest BCUT2D eigenvalue weighted by Crippen LogP contribution is -2.09. The number of Topliss-reactive ketones (excluding diaryl/α,β-unsaturated/α-hetero) is 1. The molecule has 0 heterocycles. The lowest BCUT2D eigenvalue weighted by atomic mass is 10.1. The maximum Gasteiger partial charge on any atom is 0.419 e. The molecular weight excluding hydrogens is 312 g/mol. The van der Waals surface area contributed by atoms with E-state index in [0.717, 1.165) is 0 Å². The molecule has 0 aliphatic carbocycles. The molecule has 2 nitrogen and oxygen atoms in total. The first-order valence-corrected chi connectivity index (χ1v) is 5.46. The molecule has 0 fully saturated rings. The van der Waals surface area contributed by atoms with Crippen LogP contribution in [0.3, 0.4) is 0 Å². The highest BCUT2D eigenvalue weighted by molar-refractivity contribution is 9.09. The van der Waals surface area contributed by atoms with Crippen LogP contribution in [0.15, 0.2) is 12.1 Å². The second-order valence-electron chi connectivity index (χ2n) is 2.90. The van der Waals surface area contributed by atoms with Crippen molar-refractivity contribution in [2.45, 2.75) is 6.18 Å². The van der Waals surface area contributed by atoms with Crippen molar-refractivity contribution in [3.8, 4) is 5.75 Å². The first-order valence-electron chi connectivity index (χ1n) is 3.96. The van der Waals surface area contributed by atoms with Gasteiger partial charge in [0, 0.05) is 5.56 Å². The van der Waals surface area contributed by atoms with E-state index in [1.807, 2.05) is 0 Å². The molecule has 1 aromatic rings. The van der Waals surface area contributed by atoms with Gasteiger partial charge in [0.2, 0.25) is 0 Å². The molecule has 0 aliphatic rings. The third-order valence-electron chi connectivity index (χ3n) is 1.81. The minimum atomic E-state index is -4.73. The van der Waals surface area contributed by atoms with Crippen LogP contribution in [0.5, 0.6) is 5.75 Å². The normalized spacial score (nSPS) is 11.6. The van der Waals surface area contributed by atoms with Crippen LogP contribution in [-0.2, 0) is 6.18 Å². The third kappa shape index (κ3) is 2.68. The van der Waals surface area contributed by atoms with Gasteiger partial charge in [-0.1, -0.05) is 27.5 Å². The number of hydrogen-bond acceptors (Lipinski definition) is 2. The lowest BCUT2D eigenvalue weighted by molar-refractivity contribution is -0.138. The number of phenols is 1. The summed E-state index contributed by atoms with van der Waals surface area (Å²) in [5.74, 6) is -1.58. The first kappa shape index (κ1) is 13.3. The van der Waals surface area contributed by atoms with Crippen molar-refractivity contribution in [3.63, 3.8) is 0 Å². The number of carbonyl (C=O) groups is 1. The van der Waals surface area contributed by atoms with Gasteiger partial charge in [-0.25, -0.2) is 0 Å². The fraction of sp³-hybridized carbons (Fsp3) is 0.222. The summed E-state index contributed by atoms with van der Waals surface area (Å²) in [6, 6.07) is 1.25. The molecule has 0 saturated heterocycles. The van der Waals surface area contributed by atoms with E-state index in [4.69, 9.17) is 16.7 Å². The maximum atomic E-state index is 12.4. The minimum Gasteiger partial charge on any atom is -0.507 e. The topological polar surface area (TPSA) is 37.3 Å². The number of phenolic OH excluding ortho intramolecular Hbond substituents is 1. The van der Waals surface area contributed by atoms with Crippen molar-refractivity contribution < 1.29 is 23.1 Å². The second-order valence-corrected chi connectivity index (χ2v) is 3.87. The Morgan fingerprint density at radius 2 is 2.00 bits per heavy atom. The van der Waals surface area contributed by atoms with E-state index in [1.54, 1.807) is 0 Å². The van der Waals surface area contributed by atoms with Gasteiger partial charge >= 0.3 is 6.18 Å². The molecule has 88 valence electrons. The van der Waals surface area contributed by atoms with Crippen LogP contribution < -0.4 is 0 Å². The monoisotopic (exact) mass is 316 g/mol. The SMILES string of the molecule is O=C(CBr)c1cc(C(F)(F)F)c(O)cc1Cl. The molecule has 0 amide bonds. The Kier molecular flexibility index (Phi) is 3.85. The molecule has 0 spiro atoms. The number of carbonyl (C=O) groups excluding carboxylic acids is 1. The van der Waals surface area contributed by atoms with Crippen LogP contribution in [0.4, 0.5) is 13.2 Å². The van der Waals surface area contributed by atoms with Crippen molar-refractivity contribution in [3.05, 3.63) is 28.3 Å². The number of benzene rings is 1. The summed E-state index contributed by atoms with van der Waals surface area (Å²) in [5.41, 5.74) is -1.55. The fourth-order valence-electron chi connectivity index (χ4n) is 1.08. The molecule has 0 radical (unpaired) electrons. The zero-order valence-electron chi connectivity index (χ0n) is 7.61. The molecule has 0 saturated carbocycles. The van der Waals surface area contributed by atoms with E-state index < -0.39 is 23.3 Å². The smallest absolute Gasteiger partial charge is 0.419 e. The molecular formula is C9H5BrClF3O2. The predicted octanol–water partition coefficient (Wildman–Crippen LogP) is 3.64. The van der Waals surface area contributed by atoms with Crippen molar-refractivity contribution in [1.82, 2.24) is 0 Å². The minimum absolute atomic E-state index is 0.144. The van der Waals surface area contributed by atoms with Crippen molar-refractivity contribution in [1.29, 1.82) is 0 Å². The van der Waals surface area contributed by atoms with Gasteiger partial charge in [0.15, 0.2) is 5.78 Å². The largest absolute Gasteiger partial charge is 0.507 e. The quantitative estimate of drug-likeness (QED) is 0.668. The zero-order valence-corrected chi connectivity index (χ0v) is 9.95. The van der Waals surface area contributed by atoms with Gasteiger partial charge in [-0.2, -0.15) is 13.2 Å². The van der Waals surface area contributed by atoms with Crippen molar-refractivity contribution in [2.24, 2.45) is 0 Å². The Morgan fingerprint density at radius 3 is 2.44 bits per heavy atom. The molecule has 1 rings (SSSR count). The molecule has 0 atom stereocenters. The summed E-state index contributed by atoms with van der Waals surface area (Å²) in [6.07, 6.45) is -4.73. The van der Waals surface area contributed by atoms with Crippen LogP contribution in [0.1, 0.15) is 15.9 Å². The van der Waals surface area contributed by atoms with E-state index in [9.17, 15) is 18.0 Å². The van der Waals surface area contributed by atoms with E-state index in [-0.39, 0.29) is 15.9 Å². The Morgan fingerprint density at radius 1 is 1.44 bits per heavy atom. The molecule has 0 aliphatic heterocycles. The summed E-state index contributed by atoms with van der Waals surface area (Å²) >= 11 is 8.38. The van der Waals surface area contributed by atoms with Gasteiger partial charge in [0.25, 0.3) is 0 Å². The fourth-order valence-corrected chi connectivity index (χ4v) is 1.64. The number of rotatable bonds is 2. The molecule has 0 bridgehead atoms. The van der Waals surface area contributed by atoms with Crippen molar-refractivity contribution in [2.75, 3.05) is 5.33 Å². The highest BCUT2D eigenvalue weighted by Crippen LogP contribution is 2.38. The number of alkyl halides is 4. The highest BCUT2D eigenvalue weighted by Gasteiger charge is 2.35.